The van der Waals surface area contributed by atoms with Gasteiger partial charge in [0.2, 0.25) is 0 Å². The lowest BCUT2D eigenvalue weighted by atomic mass is 10.2. The first-order valence-corrected chi connectivity index (χ1v) is 6.04. The zero-order valence-corrected chi connectivity index (χ0v) is 10.9. The van der Waals surface area contributed by atoms with Crippen LogP contribution in [-0.4, -0.2) is 14.8 Å². The normalized spacial score (nSPS) is 10.8. The zero-order chi connectivity index (χ0) is 12.4. The second-order valence-electron chi connectivity index (χ2n) is 3.51. The number of hydrogen-bond acceptors (Lipinski definition) is 3. The molecule has 0 saturated carbocycles. The average Bonchev–Trinajstić information content (AvgIpc) is 2.74. The number of rotatable bonds is 3. The molecule has 6 heteroatoms. The van der Waals surface area contributed by atoms with E-state index in [-0.39, 0.29) is 5.82 Å². The summed E-state index contributed by atoms with van der Waals surface area (Å²) in [5.41, 5.74) is 6.26. The number of hydrogen-bond donors (Lipinski definition) is 1. The minimum atomic E-state index is -0.303. The first kappa shape index (κ1) is 12.2. The maximum atomic E-state index is 13.3. The first-order chi connectivity index (χ1) is 8.17. The Morgan fingerprint density at radius 1 is 1.41 bits per heavy atom. The smallest absolute Gasteiger partial charge is 0.165 e. The molecule has 2 rings (SSSR count). The van der Waals surface area contributed by atoms with Crippen molar-refractivity contribution < 1.29 is 4.39 Å². The van der Waals surface area contributed by atoms with E-state index in [1.54, 1.807) is 6.07 Å². The Morgan fingerprint density at radius 3 is 2.82 bits per heavy atom. The Morgan fingerprint density at radius 2 is 2.18 bits per heavy atom. The van der Waals surface area contributed by atoms with E-state index in [0.717, 1.165) is 4.47 Å². The van der Waals surface area contributed by atoms with E-state index >= 15 is 0 Å². The first-order valence-electron chi connectivity index (χ1n) is 5.25. The largest absolute Gasteiger partial charge is 0.324 e. The minimum absolute atomic E-state index is 0.303. The standard InChI is InChI=1S/C11H12BrFN4/c1-2-17-10(6-14)15-16-11(17)8-5-7(13)3-4-9(8)12/h3-5H,2,6,14H2,1H3. The predicted molar refractivity (Wildman–Crippen MR) is 66.7 cm³/mol. The molecule has 90 valence electrons. The Balaban J connectivity index is 2.59. The molecule has 0 aliphatic heterocycles. The molecule has 0 radical (unpaired) electrons. The van der Waals surface area contributed by atoms with Gasteiger partial charge in [-0.05, 0) is 25.1 Å². The van der Waals surface area contributed by atoms with Gasteiger partial charge in [-0.25, -0.2) is 4.39 Å². The summed E-state index contributed by atoms with van der Waals surface area (Å²) in [6, 6.07) is 4.48. The van der Waals surface area contributed by atoms with E-state index in [9.17, 15) is 4.39 Å². The molecule has 1 aromatic carbocycles. The van der Waals surface area contributed by atoms with Gasteiger partial charge in [-0.15, -0.1) is 10.2 Å². The second-order valence-corrected chi connectivity index (χ2v) is 4.37. The quantitative estimate of drug-likeness (QED) is 0.946. The van der Waals surface area contributed by atoms with Gasteiger partial charge in [-0.2, -0.15) is 0 Å². The molecule has 0 spiro atoms. The van der Waals surface area contributed by atoms with E-state index in [1.807, 2.05) is 11.5 Å². The van der Waals surface area contributed by atoms with Crippen LogP contribution in [0.15, 0.2) is 22.7 Å². The van der Waals surface area contributed by atoms with Crippen molar-refractivity contribution in [3.63, 3.8) is 0 Å². The number of nitrogens with two attached hydrogens (primary N) is 1. The molecule has 0 amide bonds. The summed E-state index contributed by atoms with van der Waals surface area (Å²) in [5.74, 6) is 1.01. The van der Waals surface area contributed by atoms with Gasteiger partial charge >= 0.3 is 0 Å². The molecule has 0 aliphatic rings. The minimum Gasteiger partial charge on any atom is -0.324 e. The van der Waals surface area contributed by atoms with Crippen LogP contribution in [0.25, 0.3) is 11.4 Å². The lowest BCUT2D eigenvalue weighted by Gasteiger charge is -2.07. The molecule has 0 unspecified atom stereocenters. The molecular weight excluding hydrogens is 287 g/mol. The van der Waals surface area contributed by atoms with Crippen molar-refractivity contribution in [1.82, 2.24) is 14.8 Å². The van der Waals surface area contributed by atoms with Crippen LogP contribution in [-0.2, 0) is 13.1 Å². The fourth-order valence-electron chi connectivity index (χ4n) is 1.69. The summed E-state index contributed by atoms with van der Waals surface area (Å²) in [5, 5.41) is 8.06. The molecule has 2 aromatic rings. The van der Waals surface area contributed by atoms with Crippen molar-refractivity contribution in [2.45, 2.75) is 20.0 Å². The van der Waals surface area contributed by atoms with Crippen molar-refractivity contribution in [3.8, 4) is 11.4 Å². The van der Waals surface area contributed by atoms with Crippen molar-refractivity contribution in [3.05, 3.63) is 34.3 Å². The highest BCUT2D eigenvalue weighted by Gasteiger charge is 2.14. The van der Waals surface area contributed by atoms with E-state index in [1.165, 1.54) is 12.1 Å². The van der Waals surface area contributed by atoms with Crippen LogP contribution < -0.4 is 5.73 Å². The Hall–Kier alpha value is -1.27. The lowest BCUT2D eigenvalue weighted by Crippen LogP contribution is -2.08. The third-order valence-corrected chi connectivity index (χ3v) is 3.19. The van der Waals surface area contributed by atoms with E-state index in [0.29, 0.717) is 30.3 Å². The number of nitrogens with zero attached hydrogens (tertiary/aromatic N) is 3. The Labute approximate surface area is 107 Å². The number of aromatic nitrogens is 3. The van der Waals surface area contributed by atoms with Crippen molar-refractivity contribution >= 4 is 15.9 Å². The lowest BCUT2D eigenvalue weighted by molar-refractivity contribution is 0.627. The van der Waals surface area contributed by atoms with Crippen LogP contribution in [0.5, 0.6) is 0 Å². The van der Waals surface area contributed by atoms with Gasteiger partial charge in [0.05, 0.1) is 6.54 Å². The predicted octanol–water partition coefficient (Wildman–Crippen LogP) is 2.33. The highest BCUT2D eigenvalue weighted by atomic mass is 79.9. The number of benzene rings is 1. The van der Waals surface area contributed by atoms with E-state index in [2.05, 4.69) is 26.1 Å². The average molecular weight is 299 g/mol. The molecule has 2 N–H and O–H groups in total. The van der Waals surface area contributed by atoms with Gasteiger partial charge in [0.25, 0.3) is 0 Å². The van der Waals surface area contributed by atoms with Crippen molar-refractivity contribution in [2.75, 3.05) is 0 Å². The third-order valence-electron chi connectivity index (χ3n) is 2.50. The fraction of sp³-hybridized carbons (Fsp3) is 0.273. The summed E-state index contributed by atoms with van der Waals surface area (Å²) >= 11 is 3.38. The molecule has 0 saturated heterocycles. The molecule has 0 aliphatic carbocycles. The van der Waals surface area contributed by atoms with Crippen LogP contribution in [0.4, 0.5) is 4.39 Å². The van der Waals surface area contributed by atoms with Gasteiger partial charge in [0.1, 0.15) is 11.6 Å². The number of halogens is 2. The highest BCUT2D eigenvalue weighted by molar-refractivity contribution is 9.10. The Kier molecular flexibility index (Phi) is 3.54. The molecule has 0 fully saturated rings. The summed E-state index contributed by atoms with van der Waals surface area (Å²) in [7, 11) is 0. The van der Waals surface area contributed by atoms with Crippen LogP contribution in [0.1, 0.15) is 12.7 Å². The van der Waals surface area contributed by atoms with Gasteiger partial charge in [-0.3, -0.25) is 0 Å². The molecule has 0 bridgehead atoms. The molecule has 4 nitrogen and oxygen atoms in total. The summed E-state index contributed by atoms with van der Waals surface area (Å²) < 4.78 is 15.9. The maximum Gasteiger partial charge on any atom is 0.165 e. The molecular formula is C11H12BrFN4. The fourth-order valence-corrected chi connectivity index (χ4v) is 2.11. The van der Waals surface area contributed by atoms with Crippen molar-refractivity contribution in [1.29, 1.82) is 0 Å². The molecule has 1 heterocycles. The summed E-state index contributed by atoms with van der Waals surface area (Å²) in [6.45, 7) is 2.98. The van der Waals surface area contributed by atoms with Crippen molar-refractivity contribution in [2.24, 2.45) is 5.73 Å². The van der Waals surface area contributed by atoms with E-state index < -0.39 is 0 Å². The van der Waals surface area contributed by atoms with Crippen LogP contribution in [0.2, 0.25) is 0 Å². The summed E-state index contributed by atoms with van der Waals surface area (Å²) in [6.07, 6.45) is 0. The highest BCUT2D eigenvalue weighted by Crippen LogP contribution is 2.28. The molecule has 0 atom stereocenters. The SMILES string of the molecule is CCn1c(CN)nnc1-c1cc(F)ccc1Br. The van der Waals surface area contributed by atoms with Gasteiger partial charge in [0, 0.05) is 16.6 Å². The van der Waals surface area contributed by atoms with E-state index in [4.69, 9.17) is 5.73 Å². The molecule has 1 aromatic heterocycles. The maximum absolute atomic E-state index is 13.3. The Bertz CT molecular complexity index is 538. The van der Waals surface area contributed by atoms with Gasteiger partial charge < -0.3 is 10.3 Å². The van der Waals surface area contributed by atoms with Gasteiger partial charge in [0.15, 0.2) is 5.82 Å². The van der Waals surface area contributed by atoms with Crippen LogP contribution >= 0.6 is 15.9 Å². The van der Waals surface area contributed by atoms with Gasteiger partial charge in [-0.1, -0.05) is 15.9 Å². The van der Waals surface area contributed by atoms with Crippen LogP contribution in [0.3, 0.4) is 0 Å². The molecule has 17 heavy (non-hydrogen) atoms. The topological polar surface area (TPSA) is 56.7 Å². The van der Waals surface area contributed by atoms with Crippen LogP contribution in [0, 0.1) is 5.82 Å². The zero-order valence-electron chi connectivity index (χ0n) is 9.32. The summed E-state index contributed by atoms with van der Waals surface area (Å²) in [4.78, 5) is 0. The third kappa shape index (κ3) is 2.23. The monoisotopic (exact) mass is 298 g/mol. The second kappa shape index (κ2) is 4.93.